The van der Waals surface area contributed by atoms with Crippen LogP contribution < -0.4 is 9.47 Å². The molecular formula is C21H23O3. The van der Waals surface area contributed by atoms with Crippen LogP contribution in [0.3, 0.4) is 0 Å². The highest BCUT2D eigenvalue weighted by Gasteiger charge is 2.16. The lowest BCUT2D eigenvalue weighted by atomic mass is 9.84. The van der Waals surface area contributed by atoms with Gasteiger partial charge in [0.1, 0.15) is 11.5 Å². The number of carbonyl (C=O) groups is 1. The molecule has 0 bridgehead atoms. The van der Waals surface area contributed by atoms with Crippen molar-refractivity contribution in [3.05, 3.63) is 66.1 Å². The van der Waals surface area contributed by atoms with Gasteiger partial charge in [-0.15, -0.1) is 0 Å². The van der Waals surface area contributed by atoms with Crippen LogP contribution in [0.1, 0.15) is 54.4 Å². The van der Waals surface area contributed by atoms with E-state index in [0.29, 0.717) is 23.8 Å². The summed E-state index contributed by atoms with van der Waals surface area (Å²) < 4.78 is 10.8. The largest absolute Gasteiger partial charge is 0.494 e. The highest BCUT2D eigenvalue weighted by molar-refractivity contribution is 5.91. The maximum atomic E-state index is 12.2. The fourth-order valence-electron chi connectivity index (χ4n) is 3.09. The van der Waals surface area contributed by atoms with E-state index >= 15 is 0 Å². The van der Waals surface area contributed by atoms with E-state index in [1.807, 2.05) is 19.1 Å². The lowest BCUT2D eigenvalue weighted by molar-refractivity contribution is 0.0734. The molecule has 0 N–H and O–H groups in total. The van der Waals surface area contributed by atoms with E-state index in [0.717, 1.165) is 5.75 Å². The molecule has 0 spiro atoms. The monoisotopic (exact) mass is 323 g/mol. The molecule has 24 heavy (non-hydrogen) atoms. The third-order valence-electron chi connectivity index (χ3n) is 4.40. The molecule has 3 heteroatoms. The van der Waals surface area contributed by atoms with E-state index in [9.17, 15) is 4.79 Å². The highest BCUT2D eigenvalue weighted by atomic mass is 16.5. The predicted molar refractivity (Wildman–Crippen MR) is 94.5 cm³/mol. The van der Waals surface area contributed by atoms with Crippen molar-refractivity contribution in [2.45, 2.75) is 38.5 Å². The zero-order chi connectivity index (χ0) is 16.8. The van der Waals surface area contributed by atoms with Crippen molar-refractivity contribution in [1.82, 2.24) is 0 Å². The molecule has 2 aromatic rings. The molecule has 0 unspecified atom stereocenters. The number of ether oxygens (including phenoxy) is 2. The van der Waals surface area contributed by atoms with Crippen LogP contribution in [0.4, 0.5) is 0 Å². The minimum atomic E-state index is -0.349. The molecule has 1 aliphatic rings. The van der Waals surface area contributed by atoms with Crippen LogP contribution in [-0.4, -0.2) is 12.6 Å². The van der Waals surface area contributed by atoms with E-state index in [1.165, 1.54) is 31.2 Å². The molecule has 1 radical (unpaired) electrons. The summed E-state index contributed by atoms with van der Waals surface area (Å²) in [6.07, 6.45) is 7.18. The molecule has 1 saturated carbocycles. The smallest absolute Gasteiger partial charge is 0.343 e. The summed E-state index contributed by atoms with van der Waals surface area (Å²) >= 11 is 0. The van der Waals surface area contributed by atoms with Gasteiger partial charge < -0.3 is 9.47 Å². The van der Waals surface area contributed by atoms with Crippen molar-refractivity contribution in [1.29, 1.82) is 0 Å². The van der Waals surface area contributed by atoms with Gasteiger partial charge in [-0.25, -0.2) is 4.79 Å². The van der Waals surface area contributed by atoms with Crippen LogP contribution in [0.25, 0.3) is 0 Å². The quantitative estimate of drug-likeness (QED) is 0.563. The first-order valence-corrected chi connectivity index (χ1v) is 8.63. The minimum absolute atomic E-state index is 0.349. The summed E-state index contributed by atoms with van der Waals surface area (Å²) in [6.45, 7) is 2.53. The minimum Gasteiger partial charge on any atom is -0.494 e. The van der Waals surface area contributed by atoms with E-state index < -0.39 is 0 Å². The van der Waals surface area contributed by atoms with Crippen LogP contribution in [0.2, 0.25) is 0 Å². The van der Waals surface area contributed by atoms with Gasteiger partial charge in [0.25, 0.3) is 0 Å². The van der Waals surface area contributed by atoms with Crippen molar-refractivity contribution >= 4 is 5.97 Å². The van der Waals surface area contributed by atoms with E-state index in [-0.39, 0.29) is 5.97 Å². The van der Waals surface area contributed by atoms with Gasteiger partial charge in [0.2, 0.25) is 0 Å². The summed E-state index contributed by atoms with van der Waals surface area (Å²) in [5, 5.41) is 0. The standard InChI is InChI=1S/C21H23O3/c1-2-23-19-12-10-18(11-13-19)21(22)24-20-14-8-17(9-15-20)16-6-4-3-5-7-16/h3,8-16H,2,4-7H2,1H3. The fraction of sp³-hybridized carbons (Fsp3) is 0.333. The van der Waals surface area contributed by atoms with Gasteiger partial charge in [0.05, 0.1) is 12.2 Å². The molecule has 0 amide bonds. The van der Waals surface area contributed by atoms with E-state index in [1.54, 1.807) is 24.3 Å². The fourth-order valence-corrected chi connectivity index (χ4v) is 3.09. The van der Waals surface area contributed by atoms with Crippen LogP contribution in [0.5, 0.6) is 11.5 Å². The molecule has 0 heterocycles. The zero-order valence-corrected chi connectivity index (χ0v) is 14.0. The predicted octanol–water partition coefficient (Wildman–Crippen LogP) is 5.17. The van der Waals surface area contributed by atoms with Crippen LogP contribution in [0.15, 0.2) is 48.5 Å². The van der Waals surface area contributed by atoms with Gasteiger partial charge in [-0.05, 0) is 86.9 Å². The van der Waals surface area contributed by atoms with Crippen molar-refractivity contribution < 1.29 is 14.3 Å². The molecule has 0 aliphatic heterocycles. The van der Waals surface area contributed by atoms with Gasteiger partial charge in [-0.1, -0.05) is 12.1 Å². The maximum absolute atomic E-state index is 12.2. The molecule has 3 nitrogen and oxygen atoms in total. The molecule has 0 aromatic heterocycles. The van der Waals surface area contributed by atoms with Crippen LogP contribution >= 0.6 is 0 Å². The normalized spacial score (nSPS) is 15.0. The number of benzene rings is 2. The number of rotatable bonds is 5. The van der Waals surface area contributed by atoms with E-state index in [2.05, 4.69) is 18.6 Å². The SMILES string of the molecule is CCOc1ccc(C(=O)Oc2ccc(C3CC[CH]CC3)cc2)cc1. The third kappa shape index (κ3) is 4.16. The first-order valence-electron chi connectivity index (χ1n) is 8.63. The Hall–Kier alpha value is -2.29. The molecule has 1 aliphatic carbocycles. The average molecular weight is 323 g/mol. The zero-order valence-electron chi connectivity index (χ0n) is 14.0. The summed E-state index contributed by atoms with van der Waals surface area (Å²) in [4.78, 5) is 12.2. The summed E-state index contributed by atoms with van der Waals surface area (Å²) in [5.74, 6) is 1.62. The average Bonchev–Trinajstić information content (AvgIpc) is 2.64. The summed E-state index contributed by atoms with van der Waals surface area (Å²) in [5.41, 5.74) is 1.86. The molecule has 125 valence electrons. The van der Waals surface area contributed by atoms with Crippen molar-refractivity contribution in [2.75, 3.05) is 6.61 Å². The Morgan fingerprint density at radius 1 is 0.958 bits per heavy atom. The Bertz CT molecular complexity index is 652. The van der Waals surface area contributed by atoms with E-state index in [4.69, 9.17) is 9.47 Å². The second kappa shape index (κ2) is 8.00. The number of hydrogen-bond acceptors (Lipinski definition) is 3. The molecule has 0 saturated heterocycles. The first-order chi connectivity index (χ1) is 11.8. The Morgan fingerprint density at radius 2 is 1.58 bits per heavy atom. The third-order valence-corrected chi connectivity index (χ3v) is 4.40. The molecule has 2 aromatic carbocycles. The van der Waals surface area contributed by atoms with Crippen LogP contribution in [0, 0.1) is 6.42 Å². The van der Waals surface area contributed by atoms with Gasteiger partial charge in [-0.3, -0.25) is 0 Å². The number of hydrogen-bond donors (Lipinski definition) is 0. The van der Waals surface area contributed by atoms with Gasteiger partial charge in [-0.2, -0.15) is 0 Å². The number of esters is 1. The van der Waals surface area contributed by atoms with Crippen molar-refractivity contribution in [3.8, 4) is 11.5 Å². The molecule has 3 rings (SSSR count). The highest BCUT2D eigenvalue weighted by Crippen LogP contribution is 2.32. The Labute approximate surface area is 143 Å². The topological polar surface area (TPSA) is 35.5 Å². The summed E-state index contributed by atoms with van der Waals surface area (Å²) in [7, 11) is 0. The van der Waals surface area contributed by atoms with Gasteiger partial charge in [0.15, 0.2) is 0 Å². The maximum Gasteiger partial charge on any atom is 0.343 e. The van der Waals surface area contributed by atoms with Gasteiger partial charge in [0, 0.05) is 0 Å². The molecule has 1 fully saturated rings. The first kappa shape index (κ1) is 16.6. The Balaban J connectivity index is 1.61. The van der Waals surface area contributed by atoms with Crippen molar-refractivity contribution in [3.63, 3.8) is 0 Å². The number of carbonyl (C=O) groups excluding carboxylic acids is 1. The Kier molecular flexibility index (Phi) is 5.52. The Morgan fingerprint density at radius 3 is 2.21 bits per heavy atom. The molecule has 0 atom stereocenters. The van der Waals surface area contributed by atoms with Crippen LogP contribution in [-0.2, 0) is 0 Å². The second-order valence-corrected chi connectivity index (χ2v) is 6.06. The molecular weight excluding hydrogens is 300 g/mol. The van der Waals surface area contributed by atoms with Gasteiger partial charge >= 0.3 is 5.97 Å². The second-order valence-electron chi connectivity index (χ2n) is 6.06. The lowest BCUT2D eigenvalue weighted by Crippen LogP contribution is -2.09. The lowest BCUT2D eigenvalue weighted by Gasteiger charge is -2.21. The summed E-state index contributed by atoms with van der Waals surface area (Å²) in [6, 6.07) is 14.9. The van der Waals surface area contributed by atoms with Crippen molar-refractivity contribution in [2.24, 2.45) is 0 Å².